The highest BCUT2D eigenvalue weighted by atomic mass is 35.5. The molecule has 0 aliphatic heterocycles. The lowest BCUT2D eigenvalue weighted by atomic mass is 10.2. The summed E-state index contributed by atoms with van der Waals surface area (Å²) in [4.78, 5) is 12.4. The third-order valence-corrected chi connectivity index (χ3v) is 4.27. The van der Waals surface area contributed by atoms with E-state index in [1.54, 1.807) is 0 Å². The van der Waals surface area contributed by atoms with Crippen LogP contribution in [0.15, 0.2) is 83.0 Å². The van der Waals surface area contributed by atoms with Gasteiger partial charge in [-0.15, -0.1) is 5.11 Å². The summed E-state index contributed by atoms with van der Waals surface area (Å²) in [6.45, 7) is 0.806. The minimum absolute atomic E-state index is 0.0789. The predicted octanol–water partition coefficient (Wildman–Crippen LogP) is 6.30. The van der Waals surface area contributed by atoms with E-state index in [-0.39, 0.29) is 10.7 Å². The number of benzene rings is 3. The molecular formula is C20H17ClN4O2. The molecule has 3 rings (SSSR count). The van der Waals surface area contributed by atoms with Gasteiger partial charge in [-0.25, -0.2) is 0 Å². The third-order valence-electron chi connectivity index (χ3n) is 3.97. The van der Waals surface area contributed by atoms with Crippen molar-refractivity contribution < 1.29 is 4.92 Å². The number of halogens is 1. The van der Waals surface area contributed by atoms with Crippen LogP contribution in [0.25, 0.3) is 0 Å². The Labute approximate surface area is 161 Å². The average molecular weight is 381 g/mol. The SMILES string of the molecule is CN(Cc1ccccc1)c1ccc(N=Nc2ccc([N+](=O)[O-])cc2Cl)cc1. The van der Waals surface area contributed by atoms with Crippen LogP contribution in [0.2, 0.25) is 5.02 Å². The van der Waals surface area contributed by atoms with E-state index in [0.29, 0.717) is 11.4 Å². The summed E-state index contributed by atoms with van der Waals surface area (Å²) in [6.07, 6.45) is 0. The number of hydrogen-bond donors (Lipinski definition) is 0. The molecule has 27 heavy (non-hydrogen) atoms. The van der Waals surface area contributed by atoms with E-state index in [1.165, 1.54) is 23.8 Å². The van der Waals surface area contributed by atoms with E-state index < -0.39 is 4.92 Å². The molecule has 6 nitrogen and oxygen atoms in total. The smallest absolute Gasteiger partial charge is 0.271 e. The van der Waals surface area contributed by atoms with E-state index in [9.17, 15) is 10.1 Å². The summed E-state index contributed by atoms with van der Waals surface area (Å²) < 4.78 is 0. The molecule has 0 unspecified atom stereocenters. The Morgan fingerprint density at radius 1 is 1.00 bits per heavy atom. The molecule has 136 valence electrons. The minimum Gasteiger partial charge on any atom is -0.370 e. The van der Waals surface area contributed by atoms with E-state index in [4.69, 9.17) is 11.6 Å². The molecule has 3 aromatic carbocycles. The summed E-state index contributed by atoms with van der Waals surface area (Å²) in [5, 5.41) is 19.1. The lowest BCUT2D eigenvalue weighted by Gasteiger charge is -2.19. The Hall–Kier alpha value is -3.25. The van der Waals surface area contributed by atoms with Crippen molar-refractivity contribution >= 4 is 34.4 Å². The van der Waals surface area contributed by atoms with Gasteiger partial charge in [0, 0.05) is 31.4 Å². The Kier molecular flexibility index (Phi) is 5.78. The van der Waals surface area contributed by atoms with Crippen LogP contribution in [0.5, 0.6) is 0 Å². The van der Waals surface area contributed by atoms with E-state index in [2.05, 4.69) is 27.3 Å². The monoisotopic (exact) mass is 380 g/mol. The van der Waals surface area contributed by atoms with Gasteiger partial charge in [0.25, 0.3) is 5.69 Å². The average Bonchev–Trinajstić information content (AvgIpc) is 2.68. The first kappa shape index (κ1) is 18.5. The van der Waals surface area contributed by atoms with Gasteiger partial charge in [0.15, 0.2) is 0 Å². The molecular weight excluding hydrogens is 364 g/mol. The van der Waals surface area contributed by atoms with Crippen molar-refractivity contribution in [3.05, 3.63) is 93.5 Å². The van der Waals surface area contributed by atoms with Crippen molar-refractivity contribution in [2.24, 2.45) is 10.2 Å². The van der Waals surface area contributed by atoms with Crippen LogP contribution < -0.4 is 4.90 Å². The number of hydrogen-bond acceptors (Lipinski definition) is 5. The van der Waals surface area contributed by atoms with Crippen molar-refractivity contribution in [3.8, 4) is 0 Å². The number of nitrogens with zero attached hydrogens (tertiary/aromatic N) is 4. The topological polar surface area (TPSA) is 71.1 Å². The predicted molar refractivity (Wildman–Crippen MR) is 107 cm³/mol. The zero-order valence-electron chi connectivity index (χ0n) is 14.6. The summed E-state index contributed by atoms with van der Waals surface area (Å²) in [5.41, 5.74) is 3.27. The van der Waals surface area contributed by atoms with Crippen molar-refractivity contribution in [1.82, 2.24) is 0 Å². The quantitative estimate of drug-likeness (QED) is 0.286. The fourth-order valence-corrected chi connectivity index (χ4v) is 2.74. The van der Waals surface area contributed by atoms with Crippen molar-refractivity contribution in [2.45, 2.75) is 6.54 Å². The standard InChI is InChI=1S/C20H17ClN4O2/c1-24(14-15-5-3-2-4-6-15)17-9-7-16(8-10-17)22-23-20-12-11-18(25(26)27)13-19(20)21/h2-13H,14H2,1H3. The van der Waals surface area contributed by atoms with Gasteiger partial charge in [-0.3, -0.25) is 10.1 Å². The molecule has 0 aliphatic carbocycles. The first-order valence-electron chi connectivity index (χ1n) is 8.24. The van der Waals surface area contributed by atoms with Gasteiger partial charge in [0.05, 0.1) is 15.6 Å². The fourth-order valence-electron chi connectivity index (χ4n) is 2.52. The minimum atomic E-state index is -0.503. The molecule has 0 radical (unpaired) electrons. The Balaban J connectivity index is 1.68. The van der Waals surface area contributed by atoms with Crippen LogP contribution in [0.1, 0.15) is 5.56 Å². The molecule has 0 fully saturated rings. The van der Waals surface area contributed by atoms with Crippen LogP contribution in [-0.2, 0) is 6.54 Å². The van der Waals surface area contributed by atoms with Gasteiger partial charge in [-0.05, 0) is 35.9 Å². The molecule has 0 spiro atoms. The highest BCUT2D eigenvalue weighted by Crippen LogP contribution is 2.30. The van der Waals surface area contributed by atoms with E-state index in [0.717, 1.165) is 12.2 Å². The molecule has 0 amide bonds. The number of nitro groups is 1. The van der Waals surface area contributed by atoms with Crippen molar-refractivity contribution in [1.29, 1.82) is 0 Å². The van der Waals surface area contributed by atoms with E-state index >= 15 is 0 Å². The third kappa shape index (κ3) is 4.89. The normalized spacial score (nSPS) is 10.9. The number of non-ortho nitro benzene ring substituents is 1. The molecule has 3 aromatic rings. The molecule has 0 saturated carbocycles. The molecule has 0 aromatic heterocycles. The zero-order chi connectivity index (χ0) is 19.2. The lowest BCUT2D eigenvalue weighted by molar-refractivity contribution is -0.384. The maximum atomic E-state index is 10.7. The maximum Gasteiger partial charge on any atom is 0.271 e. The Bertz CT molecular complexity index is 959. The number of anilines is 1. The molecule has 7 heteroatoms. The second-order valence-corrected chi connectivity index (χ2v) is 6.36. The van der Waals surface area contributed by atoms with Crippen LogP contribution in [0, 0.1) is 10.1 Å². The van der Waals surface area contributed by atoms with Gasteiger partial charge in [0.2, 0.25) is 0 Å². The van der Waals surface area contributed by atoms with E-state index in [1.807, 2.05) is 49.5 Å². The first-order chi connectivity index (χ1) is 13.0. The highest BCUT2D eigenvalue weighted by molar-refractivity contribution is 6.33. The van der Waals surface area contributed by atoms with Gasteiger partial charge < -0.3 is 4.90 Å². The first-order valence-corrected chi connectivity index (χ1v) is 8.61. The van der Waals surface area contributed by atoms with Crippen LogP contribution in [0.4, 0.5) is 22.7 Å². The second-order valence-electron chi connectivity index (χ2n) is 5.95. The second kappa shape index (κ2) is 8.42. The van der Waals surface area contributed by atoms with Gasteiger partial charge >= 0.3 is 0 Å². The van der Waals surface area contributed by atoms with Crippen LogP contribution in [0.3, 0.4) is 0 Å². The summed E-state index contributed by atoms with van der Waals surface area (Å²) >= 11 is 6.02. The summed E-state index contributed by atoms with van der Waals surface area (Å²) in [5.74, 6) is 0. The Morgan fingerprint density at radius 2 is 1.70 bits per heavy atom. The summed E-state index contributed by atoms with van der Waals surface area (Å²) in [7, 11) is 2.03. The number of rotatable bonds is 6. The van der Waals surface area contributed by atoms with Crippen LogP contribution in [-0.4, -0.2) is 12.0 Å². The van der Waals surface area contributed by atoms with Gasteiger partial charge in [-0.1, -0.05) is 41.9 Å². The van der Waals surface area contributed by atoms with Gasteiger partial charge in [-0.2, -0.15) is 5.11 Å². The maximum absolute atomic E-state index is 10.7. The van der Waals surface area contributed by atoms with Crippen LogP contribution >= 0.6 is 11.6 Å². The van der Waals surface area contributed by atoms with Crippen molar-refractivity contribution in [2.75, 3.05) is 11.9 Å². The lowest BCUT2D eigenvalue weighted by Crippen LogP contribution is -2.15. The molecule has 0 aliphatic rings. The van der Waals surface area contributed by atoms with Gasteiger partial charge in [0.1, 0.15) is 5.69 Å². The molecule has 0 saturated heterocycles. The fraction of sp³-hybridized carbons (Fsp3) is 0.100. The number of azo groups is 1. The molecule has 0 N–H and O–H groups in total. The van der Waals surface area contributed by atoms with Crippen molar-refractivity contribution in [3.63, 3.8) is 0 Å². The molecule has 0 heterocycles. The molecule has 0 atom stereocenters. The summed E-state index contributed by atoms with van der Waals surface area (Å²) in [6, 6.07) is 22.0. The largest absolute Gasteiger partial charge is 0.370 e. The molecule has 0 bridgehead atoms. The Morgan fingerprint density at radius 3 is 2.33 bits per heavy atom. The zero-order valence-corrected chi connectivity index (χ0v) is 15.4. The highest BCUT2D eigenvalue weighted by Gasteiger charge is 2.09. The number of nitro benzene ring substituents is 1.